The van der Waals surface area contributed by atoms with Crippen LogP contribution in [0.1, 0.15) is 65.9 Å². The Labute approximate surface area is 237 Å². The molecule has 9 nitrogen and oxygen atoms in total. The predicted octanol–water partition coefficient (Wildman–Crippen LogP) is 2.65. The third-order valence-corrected chi connectivity index (χ3v) is 7.45. The van der Waals surface area contributed by atoms with Crippen molar-refractivity contribution in [2.24, 2.45) is 11.1 Å². The standard InChI is InChI=1S/C31H45N5O4/c1-6-15-30(2,3)29(40)36-18-9-12-25(36)27(38)35-24(26(37)33-16-17-34-28(39)31(4,5)32)20-21-13-14-22-10-7-8-11-23(22)19-21/h7-8,10-11,13-14,19,24-25H,6,9,12,15-18,20,32H2,1-5H3,(H,33,37)(H,34,39)(H,35,38)/t24-,25+/m1/s1. The second kappa shape index (κ2) is 13.3. The van der Waals surface area contributed by atoms with E-state index in [1.165, 1.54) is 0 Å². The Morgan fingerprint density at radius 3 is 2.35 bits per heavy atom. The number of nitrogens with one attached hydrogen (secondary N) is 3. The number of likely N-dealkylation sites (tertiary alicyclic amines) is 1. The van der Waals surface area contributed by atoms with Crippen molar-refractivity contribution < 1.29 is 19.2 Å². The molecule has 0 radical (unpaired) electrons. The molecule has 1 saturated heterocycles. The molecule has 2 aromatic rings. The van der Waals surface area contributed by atoms with Crippen molar-refractivity contribution >= 4 is 34.4 Å². The van der Waals surface area contributed by atoms with Crippen LogP contribution in [0.3, 0.4) is 0 Å². The maximum atomic E-state index is 13.5. The van der Waals surface area contributed by atoms with Crippen LogP contribution in [0.5, 0.6) is 0 Å². The number of carbonyl (C=O) groups excluding carboxylic acids is 4. The van der Waals surface area contributed by atoms with Crippen LogP contribution in [0.2, 0.25) is 0 Å². The number of nitrogens with zero attached hydrogens (tertiary/aromatic N) is 1. The van der Waals surface area contributed by atoms with Crippen LogP contribution in [0.4, 0.5) is 0 Å². The van der Waals surface area contributed by atoms with Gasteiger partial charge in [-0.05, 0) is 49.4 Å². The van der Waals surface area contributed by atoms with Gasteiger partial charge in [-0.2, -0.15) is 0 Å². The summed E-state index contributed by atoms with van der Waals surface area (Å²) < 4.78 is 0. The molecule has 9 heteroatoms. The number of hydrogen-bond donors (Lipinski definition) is 4. The van der Waals surface area contributed by atoms with Crippen LogP contribution in [-0.4, -0.2) is 65.8 Å². The Kier molecular flexibility index (Phi) is 10.3. The van der Waals surface area contributed by atoms with Gasteiger partial charge in [0.05, 0.1) is 5.54 Å². The minimum Gasteiger partial charge on any atom is -0.353 e. The highest BCUT2D eigenvalue weighted by Crippen LogP contribution is 2.30. The Balaban J connectivity index is 1.74. The molecule has 4 amide bonds. The summed E-state index contributed by atoms with van der Waals surface area (Å²) >= 11 is 0. The van der Waals surface area contributed by atoms with E-state index in [0.717, 1.165) is 35.6 Å². The van der Waals surface area contributed by atoms with Gasteiger partial charge in [0.2, 0.25) is 23.6 Å². The monoisotopic (exact) mass is 551 g/mol. The molecule has 0 bridgehead atoms. The average molecular weight is 552 g/mol. The van der Waals surface area contributed by atoms with Gasteiger partial charge in [-0.3, -0.25) is 19.2 Å². The number of rotatable bonds is 12. The third-order valence-electron chi connectivity index (χ3n) is 7.45. The molecule has 40 heavy (non-hydrogen) atoms. The average Bonchev–Trinajstić information content (AvgIpc) is 3.39. The lowest BCUT2D eigenvalue weighted by Crippen LogP contribution is -2.56. The Morgan fingerprint density at radius 2 is 1.68 bits per heavy atom. The van der Waals surface area contributed by atoms with Crippen molar-refractivity contribution in [3.05, 3.63) is 48.0 Å². The zero-order chi connectivity index (χ0) is 29.5. The Bertz CT molecular complexity index is 1220. The van der Waals surface area contributed by atoms with Crippen LogP contribution in [0, 0.1) is 5.41 Å². The van der Waals surface area contributed by atoms with Gasteiger partial charge in [-0.25, -0.2) is 0 Å². The fourth-order valence-corrected chi connectivity index (χ4v) is 5.19. The van der Waals surface area contributed by atoms with Gasteiger partial charge < -0.3 is 26.6 Å². The molecule has 1 aliphatic heterocycles. The quantitative estimate of drug-likeness (QED) is 0.301. The Hall–Kier alpha value is -3.46. The minimum absolute atomic E-state index is 0.0268. The summed E-state index contributed by atoms with van der Waals surface area (Å²) in [5.41, 5.74) is 5.14. The zero-order valence-electron chi connectivity index (χ0n) is 24.5. The van der Waals surface area contributed by atoms with Crippen LogP contribution in [0.25, 0.3) is 10.8 Å². The molecule has 0 spiro atoms. The van der Waals surface area contributed by atoms with Gasteiger partial charge in [-0.1, -0.05) is 69.7 Å². The number of amides is 4. The first kappa shape index (κ1) is 31.1. The molecule has 0 aromatic heterocycles. The van der Waals surface area contributed by atoms with E-state index in [0.29, 0.717) is 13.0 Å². The summed E-state index contributed by atoms with van der Waals surface area (Å²) in [7, 11) is 0. The number of nitrogens with two attached hydrogens (primary N) is 1. The highest BCUT2D eigenvalue weighted by Gasteiger charge is 2.41. The number of fused-ring (bicyclic) bond motifs is 1. The molecule has 1 aliphatic rings. The molecule has 2 aromatic carbocycles. The minimum atomic E-state index is -1.02. The molecule has 0 saturated carbocycles. The highest BCUT2D eigenvalue weighted by molar-refractivity contribution is 5.94. The van der Waals surface area contributed by atoms with E-state index < -0.39 is 23.0 Å². The largest absolute Gasteiger partial charge is 0.353 e. The van der Waals surface area contributed by atoms with Gasteiger partial charge >= 0.3 is 0 Å². The lowest BCUT2D eigenvalue weighted by Gasteiger charge is -2.33. The van der Waals surface area contributed by atoms with Crippen LogP contribution < -0.4 is 21.7 Å². The smallest absolute Gasteiger partial charge is 0.243 e. The summed E-state index contributed by atoms with van der Waals surface area (Å²) in [6, 6.07) is 12.5. The van der Waals surface area contributed by atoms with Gasteiger partial charge in [0.15, 0.2) is 0 Å². The summed E-state index contributed by atoms with van der Waals surface area (Å²) in [4.78, 5) is 53.9. The number of benzene rings is 2. The summed E-state index contributed by atoms with van der Waals surface area (Å²) in [5, 5.41) is 10.6. The van der Waals surface area contributed by atoms with Crippen molar-refractivity contribution in [2.45, 2.75) is 84.3 Å². The van der Waals surface area contributed by atoms with E-state index in [9.17, 15) is 19.2 Å². The van der Waals surface area contributed by atoms with E-state index in [1.807, 2.05) is 63.2 Å². The van der Waals surface area contributed by atoms with Crippen molar-refractivity contribution in [1.29, 1.82) is 0 Å². The van der Waals surface area contributed by atoms with Gasteiger partial charge in [0, 0.05) is 31.5 Å². The SMILES string of the molecule is CCCC(C)(C)C(=O)N1CCC[C@H]1C(=O)N[C@H](Cc1ccc2ccccc2c1)C(=O)NCCNC(=O)C(C)(C)N. The van der Waals surface area contributed by atoms with Crippen molar-refractivity contribution in [2.75, 3.05) is 19.6 Å². The molecule has 5 N–H and O–H groups in total. The number of hydrogen-bond acceptors (Lipinski definition) is 5. The molecule has 0 aliphatic carbocycles. The van der Waals surface area contributed by atoms with E-state index in [1.54, 1.807) is 18.7 Å². The second-order valence-corrected chi connectivity index (χ2v) is 12.0. The molecular formula is C31H45N5O4. The molecule has 218 valence electrons. The first-order valence-corrected chi connectivity index (χ1v) is 14.3. The van der Waals surface area contributed by atoms with E-state index in [2.05, 4.69) is 16.0 Å². The maximum absolute atomic E-state index is 13.5. The first-order valence-electron chi connectivity index (χ1n) is 14.3. The zero-order valence-corrected chi connectivity index (χ0v) is 24.5. The van der Waals surface area contributed by atoms with Gasteiger partial charge in [0.25, 0.3) is 0 Å². The molecule has 1 heterocycles. The topological polar surface area (TPSA) is 134 Å². The van der Waals surface area contributed by atoms with Crippen molar-refractivity contribution in [1.82, 2.24) is 20.9 Å². The summed E-state index contributed by atoms with van der Waals surface area (Å²) in [6.07, 6.45) is 3.20. The maximum Gasteiger partial charge on any atom is 0.243 e. The summed E-state index contributed by atoms with van der Waals surface area (Å²) in [6.45, 7) is 10.0. The van der Waals surface area contributed by atoms with Crippen LogP contribution >= 0.6 is 0 Å². The van der Waals surface area contributed by atoms with Crippen molar-refractivity contribution in [3.63, 3.8) is 0 Å². The first-order chi connectivity index (χ1) is 18.8. The predicted molar refractivity (Wildman–Crippen MR) is 157 cm³/mol. The number of carbonyl (C=O) groups is 4. The fourth-order valence-electron chi connectivity index (χ4n) is 5.19. The van der Waals surface area contributed by atoms with Gasteiger partial charge in [-0.15, -0.1) is 0 Å². The fraction of sp³-hybridized carbons (Fsp3) is 0.548. The van der Waals surface area contributed by atoms with E-state index in [4.69, 9.17) is 5.73 Å². The molecule has 1 fully saturated rings. The lowest BCUT2D eigenvalue weighted by molar-refractivity contribution is -0.146. The molecule has 3 rings (SSSR count). The van der Waals surface area contributed by atoms with E-state index in [-0.39, 0.29) is 43.1 Å². The van der Waals surface area contributed by atoms with Crippen LogP contribution in [-0.2, 0) is 25.6 Å². The summed E-state index contributed by atoms with van der Waals surface area (Å²) in [5.74, 6) is -1.02. The van der Waals surface area contributed by atoms with Crippen molar-refractivity contribution in [3.8, 4) is 0 Å². The lowest BCUT2D eigenvalue weighted by atomic mass is 9.86. The molecular weight excluding hydrogens is 506 g/mol. The second-order valence-electron chi connectivity index (χ2n) is 12.0. The Morgan fingerprint density at radius 1 is 1.00 bits per heavy atom. The normalized spacial score (nSPS) is 16.4. The third kappa shape index (κ3) is 8.03. The van der Waals surface area contributed by atoms with Crippen LogP contribution in [0.15, 0.2) is 42.5 Å². The van der Waals surface area contributed by atoms with E-state index >= 15 is 0 Å². The molecule has 0 unspecified atom stereocenters. The van der Waals surface area contributed by atoms with Gasteiger partial charge in [0.1, 0.15) is 12.1 Å². The highest BCUT2D eigenvalue weighted by atomic mass is 16.2. The molecule has 2 atom stereocenters.